The van der Waals surface area contributed by atoms with Gasteiger partial charge in [-0.15, -0.1) is 0 Å². The highest BCUT2D eigenvalue weighted by Gasteiger charge is 2.36. The summed E-state index contributed by atoms with van der Waals surface area (Å²) in [4.78, 5) is 11.7. The van der Waals surface area contributed by atoms with Gasteiger partial charge in [-0.25, -0.2) is 13.1 Å². The Bertz CT molecular complexity index is 783. The van der Waals surface area contributed by atoms with Crippen molar-refractivity contribution in [3.8, 4) is 5.75 Å². The molecule has 6 nitrogen and oxygen atoms in total. The Balaban J connectivity index is 1.88. The number of rotatable bonds is 6. The minimum Gasteiger partial charge on any atom is -0.486 e. The maximum absolute atomic E-state index is 13.1. The van der Waals surface area contributed by atoms with Crippen LogP contribution in [-0.4, -0.2) is 26.0 Å². The molecule has 3 rings (SSSR count). The predicted octanol–water partition coefficient (Wildman–Crippen LogP) is 2.50. The molecular formula is C19H28N2O4S. The molecule has 1 aromatic rings. The molecule has 0 radical (unpaired) electrons. The summed E-state index contributed by atoms with van der Waals surface area (Å²) in [7, 11) is -3.81. The molecule has 0 bridgehead atoms. The molecule has 1 aromatic carbocycles. The lowest BCUT2D eigenvalue weighted by atomic mass is 9.83. The largest absolute Gasteiger partial charge is 0.486 e. The van der Waals surface area contributed by atoms with Crippen molar-refractivity contribution in [1.29, 1.82) is 0 Å². The number of para-hydroxylation sites is 1. The molecule has 1 atom stereocenters. The number of sulfonamides is 1. The average Bonchev–Trinajstić information content (AvgIpc) is 2.87. The van der Waals surface area contributed by atoms with E-state index in [0.29, 0.717) is 12.2 Å². The Labute approximate surface area is 155 Å². The van der Waals surface area contributed by atoms with Crippen LogP contribution in [-0.2, 0) is 21.2 Å². The first kappa shape index (κ1) is 19.2. The maximum Gasteiger partial charge on any atom is 0.244 e. The standard InChI is InChI=1S/C19H28N2O4S/c1-19(2)12-14-9-6-10-16(18(14)25-19)26(23,24)21-15(11-17(20)22)13-7-4-3-5-8-13/h6,9-10,13,15,21H,3-5,7-8,11-12H2,1-2H3,(H2,20,22)/t15-/m1/s1. The Morgan fingerprint density at radius 2 is 2.00 bits per heavy atom. The summed E-state index contributed by atoms with van der Waals surface area (Å²) < 4.78 is 34.9. The third-order valence-corrected chi connectivity index (χ3v) is 6.80. The van der Waals surface area contributed by atoms with Gasteiger partial charge < -0.3 is 10.5 Å². The van der Waals surface area contributed by atoms with Gasteiger partial charge in [0.1, 0.15) is 16.2 Å². The van der Waals surface area contributed by atoms with Crippen molar-refractivity contribution in [2.24, 2.45) is 11.7 Å². The summed E-state index contributed by atoms with van der Waals surface area (Å²) in [5.41, 5.74) is 5.85. The Kier molecular flexibility index (Phi) is 5.30. The SMILES string of the molecule is CC1(C)Cc2cccc(S(=O)(=O)N[C@H](CC(N)=O)C3CCCCC3)c2O1. The maximum atomic E-state index is 13.1. The minimum absolute atomic E-state index is 0.0191. The fourth-order valence-electron chi connectivity index (χ4n) is 4.12. The van der Waals surface area contributed by atoms with Gasteiger partial charge in [0.15, 0.2) is 0 Å². The highest BCUT2D eigenvalue weighted by Crippen LogP contribution is 2.40. The fourth-order valence-corrected chi connectivity index (χ4v) is 5.60. The van der Waals surface area contributed by atoms with Crippen molar-refractivity contribution < 1.29 is 17.9 Å². The molecule has 3 N–H and O–H groups in total. The molecule has 0 aromatic heterocycles. The second-order valence-corrected chi connectivity index (χ2v) is 9.76. The van der Waals surface area contributed by atoms with E-state index in [0.717, 1.165) is 37.7 Å². The molecule has 144 valence electrons. The molecule has 1 saturated carbocycles. The van der Waals surface area contributed by atoms with E-state index in [-0.39, 0.29) is 17.2 Å². The van der Waals surface area contributed by atoms with E-state index in [1.807, 2.05) is 19.9 Å². The van der Waals surface area contributed by atoms with E-state index in [1.165, 1.54) is 0 Å². The smallest absolute Gasteiger partial charge is 0.244 e. The third-order valence-electron chi connectivity index (χ3n) is 5.29. The lowest BCUT2D eigenvalue weighted by molar-refractivity contribution is -0.118. The number of benzene rings is 1. The van der Waals surface area contributed by atoms with Gasteiger partial charge in [-0.1, -0.05) is 31.4 Å². The van der Waals surface area contributed by atoms with Gasteiger partial charge in [0, 0.05) is 18.9 Å². The fraction of sp³-hybridized carbons (Fsp3) is 0.632. The van der Waals surface area contributed by atoms with Crippen molar-refractivity contribution in [2.75, 3.05) is 0 Å². The van der Waals surface area contributed by atoms with Gasteiger partial charge in [-0.2, -0.15) is 0 Å². The van der Waals surface area contributed by atoms with E-state index < -0.39 is 27.6 Å². The number of amides is 1. The number of hydrogen-bond donors (Lipinski definition) is 2. The van der Waals surface area contributed by atoms with Crippen LogP contribution >= 0.6 is 0 Å². The van der Waals surface area contributed by atoms with Crippen LogP contribution in [0, 0.1) is 5.92 Å². The Hall–Kier alpha value is -1.60. The minimum atomic E-state index is -3.81. The van der Waals surface area contributed by atoms with Crippen LogP contribution in [0.4, 0.5) is 0 Å². The van der Waals surface area contributed by atoms with E-state index >= 15 is 0 Å². The molecule has 1 aliphatic heterocycles. The molecule has 1 heterocycles. The zero-order chi connectivity index (χ0) is 18.9. The number of nitrogens with two attached hydrogens (primary N) is 1. The summed E-state index contributed by atoms with van der Waals surface area (Å²) in [5.74, 6) is 0.0746. The third kappa shape index (κ3) is 4.20. The number of hydrogen-bond acceptors (Lipinski definition) is 4. The summed E-state index contributed by atoms with van der Waals surface area (Å²) in [6, 6.07) is 4.72. The van der Waals surface area contributed by atoms with Crippen molar-refractivity contribution in [3.63, 3.8) is 0 Å². The number of nitrogens with one attached hydrogen (secondary N) is 1. The molecule has 0 unspecified atom stereocenters. The molecular weight excluding hydrogens is 352 g/mol. The first-order valence-electron chi connectivity index (χ1n) is 9.29. The van der Waals surface area contributed by atoms with Crippen LogP contribution < -0.4 is 15.2 Å². The number of fused-ring (bicyclic) bond motifs is 1. The summed E-state index contributed by atoms with van der Waals surface area (Å²) >= 11 is 0. The predicted molar refractivity (Wildman–Crippen MR) is 99.3 cm³/mol. The molecule has 7 heteroatoms. The lowest BCUT2D eigenvalue weighted by Crippen LogP contribution is -2.43. The second kappa shape index (κ2) is 7.19. The molecule has 2 aliphatic rings. The van der Waals surface area contributed by atoms with Gasteiger partial charge in [0.05, 0.1) is 0 Å². The molecule has 1 amide bonds. The molecule has 0 spiro atoms. The summed E-state index contributed by atoms with van der Waals surface area (Å²) in [6.45, 7) is 3.88. The first-order chi connectivity index (χ1) is 12.2. The van der Waals surface area contributed by atoms with Crippen LogP contribution in [0.3, 0.4) is 0 Å². The van der Waals surface area contributed by atoms with Crippen molar-refractivity contribution in [2.45, 2.75) is 75.3 Å². The van der Waals surface area contributed by atoms with Crippen LogP contribution in [0.15, 0.2) is 23.1 Å². The van der Waals surface area contributed by atoms with Crippen molar-refractivity contribution in [3.05, 3.63) is 23.8 Å². The number of primary amides is 1. The van der Waals surface area contributed by atoms with E-state index in [9.17, 15) is 13.2 Å². The number of carbonyl (C=O) groups excluding carboxylic acids is 1. The summed E-state index contributed by atoms with van der Waals surface area (Å²) in [5, 5.41) is 0. The number of ether oxygens (including phenoxy) is 1. The zero-order valence-electron chi connectivity index (χ0n) is 15.5. The van der Waals surface area contributed by atoms with Crippen molar-refractivity contribution >= 4 is 15.9 Å². The van der Waals surface area contributed by atoms with E-state index in [2.05, 4.69) is 4.72 Å². The van der Waals surface area contributed by atoms with Gasteiger partial charge in [-0.05, 0) is 44.2 Å². The van der Waals surface area contributed by atoms with Crippen molar-refractivity contribution in [1.82, 2.24) is 4.72 Å². The van der Waals surface area contributed by atoms with Crippen LogP contribution in [0.5, 0.6) is 5.75 Å². The first-order valence-corrected chi connectivity index (χ1v) is 10.8. The van der Waals surface area contributed by atoms with Gasteiger partial charge in [-0.3, -0.25) is 4.79 Å². The highest BCUT2D eigenvalue weighted by atomic mass is 32.2. The van der Waals surface area contributed by atoms with Gasteiger partial charge >= 0.3 is 0 Å². The molecule has 0 saturated heterocycles. The van der Waals surface area contributed by atoms with Crippen LogP contribution in [0.2, 0.25) is 0 Å². The Morgan fingerprint density at radius 3 is 2.65 bits per heavy atom. The number of carbonyl (C=O) groups is 1. The monoisotopic (exact) mass is 380 g/mol. The van der Waals surface area contributed by atoms with Gasteiger partial charge in [0.25, 0.3) is 0 Å². The normalized spacial score (nSPS) is 21.0. The summed E-state index contributed by atoms with van der Waals surface area (Å²) in [6.07, 6.45) is 5.78. The second-order valence-electron chi connectivity index (χ2n) is 8.08. The molecule has 1 aliphatic carbocycles. The highest BCUT2D eigenvalue weighted by molar-refractivity contribution is 7.89. The Morgan fingerprint density at radius 1 is 1.31 bits per heavy atom. The average molecular weight is 381 g/mol. The van der Waals surface area contributed by atoms with E-state index in [1.54, 1.807) is 12.1 Å². The van der Waals surface area contributed by atoms with E-state index in [4.69, 9.17) is 10.5 Å². The zero-order valence-corrected chi connectivity index (χ0v) is 16.3. The molecule has 26 heavy (non-hydrogen) atoms. The van der Waals surface area contributed by atoms with Gasteiger partial charge in [0.2, 0.25) is 15.9 Å². The topological polar surface area (TPSA) is 98.5 Å². The quantitative estimate of drug-likeness (QED) is 0.792. The molecule has 1 fully saturated rings. The van der Waals surface area contributed by atoms with Crippen LogP contribution in [0.25, 0.3) is 0 Å². The van der Waals surface area contributed by atoms with Crippen LogP contribution in [0.1, 0.15) is 57.9 Å². The lowest BCUT2D eigenvalue weighted by Gasteiger charge is -2.30.